The molecule has 3 aromatic rings. The molecule has 2 heterocycles. The van der Waals surface area contributed by atoms with Gasteiger partial charge < -0.3 is 11.1 Å². The van der Waals surface area contributed by atoms with E-state index in [2.05, 4.69) is 15.4 Å². The fourth-order valence-electron chi connectivity index (χ4n) is 3.13. The summed E-state index contributed by atoms with van der Waals surface area (Å²) >= 11 is 0. The van der Waals surface area contributed by atoms with Crippen molar-refractivity contribution in [3.8, 4) is 11.4 Å². The van der Waals surface area contributed by atoms with Gasteiger partial charge in [-0.25, -0.2) is 9.07 Å². The molecule has 0 saturated heterocycles. The topological polar surface area (TPSA) is 85.8 Å². The summed E-state index contributed by atoms with van der Waals surface area (Å²) in [6.45, 7) is 1.76. The van der Waals surface area contributed by atoms with Crippen molar-refractivity contribution in [3.05, 3.63) is 77.2 Å². The van der Waals surface area contributed by atoms with E-state index in [1.54, 1.807) is 23.7 Å². The Morgan fingerprint density at radius 1 is 1.15 bits per heavy atom. The molecule has 0 saturated carbocycles. The zero-order chi connectivity index (χ0) is 18.3. The van der Waals surface area contributed by atoms with Crippen LogP contribution in [0, 0.1) is 5.82 Å². The number of nitrogens with two attached hydrogens (primary N) is 1. The van der Waals surface area contributed by atoms with Gasteiger partial charge in [-0.2, -0.15) is 4.98 Å². The lowest BCUT2D eigenvalue weighted by molar-refractivity contribution is -0.115. The Hall–Kier alpha value is -3.48. The van der Waals surface area contributed by atoms with Gasteiger partial charge in [0.05, 0.1) is 5.57 Å². The number of halogens is 1. The highest BCUT2D eigenvalue weighted by Crippen LogP contribution is 2.35. The number of anilines is 1. The first kappa shape index (κ1) is 16.0. The van der Waals surface area contributed by atoms with Crippen LogP contribution < -0.4 is 11.1 Å². The second-order valence-corrected chi connectivity index (χ2v) is 6.05. The Morgan fingerprint density at radius 3 is 2.50 bits per heavy atom. The smallest absolute Gasteiger partial charge is 0.248 e. The number of aromatic nitrogens is 3. The number of primary amides is 1. The molecule has 0 radical (unpaired) electrons. The third-order valence-electron chi connectivity index (χ3n) is 4.34. The number of hydrogen-bond acceptors (Lipinski definition) is 4. The van der Waals surface area contributed by atoms with Crippen molar-refractivity contribution in [3.63, 3.8) is 0 Å². The van der Waals surface area contributed by atoms with E-state index >= 15 is 0 Å². The molecular formula is C19H16FN5O. The van der Waals surface area contributed by atoms with E-state index in [1.165, 1.54) is 12.1 Å². The largest absolute Gasteiger partial charge is 0.366 e. The normalized spacial score (nSPS) is 16.2. The summed E-state index contributed by atoms with van der Waals surface area (Å²) in [6, 6.07) is 14.9. The molecule has 1 aliphatic heterocycles. The number of nitrogens with one attached hydrogen (secondary N) is 1. The van der Waals surface area contributed by atoms with E-state index in [0.29, 0.717) is 28.6 Å². The Balaban J connectivity index is 1.88. The fourth-order valence-corrected chi connectivity index (χ4v) is 3.13. The highest BCUT2D eigenvalue weighted by Gasteiger charge is 2.33. The molecule has 6 nitrogen and oxygen atoms in total. The average molecular weight is 349 g/mol. The van der Waals surface area contributed by atoms with Crippen LogP contribution in [0.15, 0.2) is 65.9 Å². The predicted molar refractivity (Wildman–Crippen MR) is 95.5 cm³/mol. The molecule has 130 valence electrons. The molecule has 1 unspecified atom stereocenters. The number of nitrogens with zero attached hydrogens (tertiary/aromatic N) is 3. The first-order valence-corrected chi connectivity index (χ1v) is 8.09. The average Bonchev–Trinajstić information content (AvgIpc) is 3.05. The summed E-state index contributed by atoms with van der Waals surface area (Å²) in [4.78, 5) is 16.6. The summed E-state index contributed by atoms with van der Waals surface area (Å²) in [5.41, 5.74) is 8.14. The molecule has 26 heavy (non-hydrogen) atoms. The third-order valence-corrected chi connectivity index (χ3v) is 4.34. The minimum absolute atomic E-state index is 0.354. The van der Waals surface area contributed by atoms with Crippen LogP contribution in [0.3, 0.4) is 0 Å². The maximum Gasteiger partial charge on any atom is 0.248 e. The third kappa shape index (κ3) is 2.63. The lowest BCUT2D eigenvalue weighted by atomic mass is 9.95. The Labute approximate surface area is 149 Å². The van der Waals surface area contributed by atoms with Crippen molar-refractivity contribution >= 4 is 11.9 Å². The van der Waals surface area contributed by atoms with Crippen LogP contribution >= 0.6 is 0 Å². The second kappa shape index (κ2) is 6.11. The molecule has 0 bridgehead atoms. The molecule has 3 N–H and O–H groups in total. The molecule has 1 aromatic heterocycles. The second-order valence-electron chi connectivity index (χ2n) is 6.05. The summed E-state index contributed by atoms with van der Waals surface area (Å²) in [5, 5.41) is 7.66. The van der Waals surface area contributed by atoms with Gasteiger partial charge in [0.2, 0.25) is 11.9 Å². The van der Waals surface area contributed by atoms with Crippen molar-refractivity contribution in [1.29, 1.82) is 0 Å². The van der Waals surface area contributed by atoms with E-state index in [0.717, 1.165) is 5.56 Å². The number of carbonyl (C=O) groups excluding carboxylic acids is 1. The van der Waals surface area contributed by atoms with Crippen molar-refractivity contribution in [2.45, 2.75) is 13.0 Å². The fraction of sp³-hybridized carbons (Fsp3) is 0.105. The highest BCUT2D eigenvalue weighted by atomic mass is 19.1. The maximum atomic E-state index is 13.4. The van der Waals surface area contributed by atoms with Gasteiger partial charge in [0.15, 0.2) is 5.82 Å². The van der Waals surface area contributed by atoms with E-state index in [1.807, 2.05) is 30.3 Å². The lowest BCUT2D eigenvalue weighted by Gasteiger charge is -2.27. The first-order chi connectivity index (χ1) is 12.5. The van der Waals surface area contributed by atoms with Gasteiger partial charge in [-0.3, -0.25) is 4.79 Å². The zero-order valence-electron chi connectivity index (χ0n) is 14.0. The molecular weight excluding hydrogens is 333 g/mol. The quantitative estimate of drug-likeness (QED) is 0.761. The zero-order valence-corrected chi connectivity index (χ0v) is 14.0. The predicted octanol–water partition coefficient (Wildman–Crippen LogP) is 2.86. The monoisotopic (exact) mass is 349 g/mol. The number of fused-ring (bicyclic) bond motifs is 1. The lowest BCUT2D eigenvalue weighted by Crippen LogP contribution is -2.31. The summed E-state index contributed by atoms with van der Waals surface area (Å²) in [6.07, 6.45) is 0. The molecule has 0 aliphatic carbocycles. The molecule has 1 amide bonds. The molecule has 0 fully saturated rings. The Morgan fingerprint density at radius 2 is 1.85 bits per heavy atom. The van der Waals surface area contributed by atoms with Crippen LogP contribution in [-0.4, -0.2) is 20.7 Å². The van der Waals surface area contributed by atoms with Crippen LogP contribution in [0.2, 0.25) is 0 Å². The molecule has 7 heteroatoms. The van der Waals surface area contributed by atoms with Gasteiger partial charge in [-0.1, -0.05) is 42.5 Å². The molecule has 4 rings (SSSR count). The van der Waals surface area contributed by atoms with E-state index in [9.17, 15) is 9.18 Å². The van der Waals surface area contributed by atoms with Crippen molar-refractivity contribution in [2.24, 2.45) is 5.73 Å². The highest BCUT2D eigenvalue weighted by molar-refractivity contribution is 5.95. The number of hydrogen-bond donors (Lipinski definition) is 2. The maximum absolute atomic E-state index is 13.4. The Bertz CT molecular complexity index is 1010. The van der Waals surface area contributed by atoms with E-state index < -0.39 is 11.9 Å². The van der Waals surface area contributed by atoms with Crippen LogP contribution in [0.4, 0.5) is 10.3 Å². The Kier molecular flexibility index (Phi) is 3.76. The van der Waals surface area contributed by atoms with Gasteiger partial charge in [-0.15, -0.1) is 5.10 Å². The summed E-state index contributed by atoms with van der Waals surface area (Å²) in [7, 11) is 0. The minimum Gasteiger partial charge on any atom is -0.366 e. The number of benzene rings is 2. The van der Waals surface area contributed by atoms with Crippen molar-refractivity contribution in [2.75, 3.05) is 5.32 Å². The first-order valence-electron chi connectivity index (χ1n) is 8.09. The van der Waals surface area contributed by atoms with Crippen LogP contribution in [0.5, 0.6) is 0 Å². The van der Waals surface area contributed by atoms with Gasteiger partial charge in [0.25, 0.3) is 0 Å². The van der Waals surface area contributed by atoms with Crippen LogP contribution in [0.1, 0.15) is 18.5 Å². The number of rotatable bonds is 3. The van der Waals surface area contributed by atoms with Crippen molar-refractivity contribution < 1.29 is 9.18 Å². The van der Waals surface area contributed by atoms with E-state index in [-0.39, 0.29) is 5.82 Å². The van der Waals surface area contributed by atoms with Gasteiger partial charge in [0.1, 0.15) is 11.9 Å². The number of carbonyl (C=O) groups is 1. The van der Waals surface area contributed by atoms with Gasteiger partial charge in [0, 0.05) is 11.3 Å². The molecule has 0 spiro atoms. The molecule has 2 aromatic carbocycles. The van der Waals surface area contributed by atoms with E-state index in [4.69, 9.17) is 5.73 Å². The minimum atomic E-state index is -0.575. The van der Waals surface area contributed by atoms with Gasteiger partial charge >= 0.3 is 0 Å². The number of amides is 1. The summed E-state index contributed by atoms with van der Waals surface area (Å²) < 4.78 is 15.0. The SMILES string of the molecule is CC1=C(C(N)=O)C(c2ccc(F)cc2)n2nc(-c3ccccc3)nc2N1. The number of allylic oxidation sites excluding steroid dienone is 1. The summed E-state index contributed by atoms with van der Waals surface area (Å²) in [5.74, 6) is 0.110. The molecule has 1 aliphatic rings. The standard InChI is InChI=1S/C19H16FN5O/c1-11-15(17(21)26)16(12-7-9-14(20)10-8-12)25-19(22-11)23-18(24-25)13-5-3-2-4-6-13/h2-10,16H,1H3,(H2,21,26)(H,22,23,24). The van der Waals surface area contributed by atoms with Crippen LogP contribution in [-0.2, 0) is 4.79 Å². The molecule has 1 atom stereocenters. The van der Waals surface area contributed by atoms with Gasteiger partial charge in [-0.05, 0) is 24.6 Å². The van der Waals surface area contributed by atoms with Crippen LogP contribution in [0.25, 0.3) is 11.4 Å². The van der Waals surface area contributed by atoms with Crippen molar-refractivity contribution in [1.82, 2.24) is 14.8 Å².